The molecule has 3 rings (SSSR count). The molecule has 0 saturated carbocycles. The molecule has 0 radical (unpaired) electrons. The van der Waals surface area contributed by atoms with Gasteiger partial charge in [-0.3, -0.25) is 0 Å². The summed E-state index contributed by atoms with van der Waals surface area (Å²) in [7, 11) is 0.690. The molecule has 0 aliphatic carbocycles. The molecule has 2 aromatic rings. The molecule has 1 nitrogen and oxygen atoms in total. The van der Waals surface area contributed by atoms with Gasteiger partial charge in [-0.2, -0.15) is 0 Å². The van der Waals surface area contributed by atoms with Crippen molar-refractivity contribution in [2.75, 3.05) is 5.09 Å². The average molecular weight is 199 g/mol. The van der Waals surface area contributed by atoms with Crippen LogP contribution in [0.2, 0.25) is 0 Å². The van der Waals surface area contributed by atoms with Crippen molar-refractivity contribution in [2.45, 2.75) is 0 Å². The van der Waals surface area contributed by atoms with E-state index < -0.39 is 0 Å². The second kappa shape index (κ2) is 3.11. The first kappa shape index (κ1) is 8.02. The Morgan fingerprint density at radius 2 is 1.50 bits per heavy atom. The highest BCUT2D eigenvalue weighted by molar-refractivity contribution is 7.49. The van der Waals surface area contributed by atoms with Gasteiger partial charge >= 0.3 is 0 Å². The Kier molecular flexibility index (Phi) is 1.78. The van der Waals surface area contributed by atoms with E-state index in [-0.39, 0.29) is 0 Å². The fourth-order valence-electron chi connectivity index (χ4n) is 1.79. The Bertz CT molecular complexity index is 434. The van der Waals surface area contributed by atoms with E-state index in [1.807, 2.05) is 0 Å². The molecule has 1 unspecified atom stereocenters. The third-order valence-corrected chi connectivity index (χ3v) is 3.58. The molecule has 1 aliphatic rings. The molecular weight excluding hydrogens is 189 g/mol. The summed E-state index contributed by atoms with van der Waals surface area (Å²) in [4.78, 5) is 0. The third kappa shape index (κ3) is 1.13. The number of hydrogen-bond acceptors (Lipinski definition) is 1. The molecule has 2 heteroatoms. The van der Waals surface area contributed by atoms with Crippen molar-refractivity contribution in [1.82, 2.24) is 0 Å². The molecule has 68 valence electrons. The van der Waals surface area contributed by atoms with E-state index >= 15 is 0 Å². The summed E-state index contributed by atoms with van der Waals surface area (Å²) >= 11 is 0. The van der Waals surface area contributed by atoms with Crippen molar-refractivity contribution < 1.29 is 0 Å². The number of anilines is 1. The van der Waals surface area contributed by atoms with Gasteiger partial charge in [-0.15, -0.1) is 0 Å². The van der Waals surface area contributed by atoms with Gasteiger partial charge in [0.2, 0.25) is 0 Å². The first-order valence-electron chi connectivity index (χ1n) is 4.65. The van der Waals surface area contributed by atoms with Gasteiger partial charge < -0.3 is 5.09 Å². The summed E-state index contributed by atoms with van der Waals surface area (Å²) in [5.41, 5.74) is 3.95. The lowest BCUT2D eigenvalue weighted by molar-refractivity contribution is 1.61. The van der Waals surface area contributed by atoms with Gasteiger partial charge in [0, 0.05) is 25.3 Å². The Morgan fingerprint density at radius 3 is 2.43 bits per heavy atom. The maximum atomic E-state index is 3.45. The second-order valence-corrected chi connectivity index (χ2v) is 4.38. The lowest BCUT2D eigenvalue weighted by Gasteiger charge is -2.20. The predicted octanol–water partition coefficient (Wildman–Crippen LogP) is 3.00. The van der Waals surface area contributed by atoms with Crippen molar-refractivity contribution in [1.29, 1.82) is 0 Å². The van der Waals surface area contributed by atoms with Gasteiger partial charge in [-0.25, -0.2) is 0 Å². The van der Waals surface area contributed by atoms with E-state index in [0.717, 1.165) is 0 Å². The van der Waals surface area contributed by atoms with Crippen LogP contribution in [0.3, 0.4) is 0 Å². The Morgan fingerprint density at radius 1 is 0.786 bits per heavy atom. The van der Waals surface area contributed by atoms with Gasteiger partial charge in [0.1, 0.15) is 0 Å². The number of para-hydroxylation sites is 1. The number of fused-ring (bicyclic) bond motifs is 3. The topological polar surface area (TPSA) is 12.0 Å². The van der Waals surface area contributed by atoms with Gasteiger partial charge in [0.05, 0.1) is 0 Å². The molecule has 0 bridgehead atoms. The number of benzene rings is 2. The summed E-state index contributed by atoms with van der Waals surface area (Å²) in [6, 6.07) is 17.1. The van der Waals surface area contributed by atoms with Crippen LogP contribution in [0.25, 0.3) is 11.1 Å². The predicted molar refractivity (Wildman–Crippen MR) is 63.4 cm³/mol. The molecule has 0 aromatic heterocycles. The van der Waals surface area contributed by atoms with Crippen LogP contribution in [0, 0.1) is 0 Å². The molecule has 0 spiro atoms. The van der Waals surface area contributed by atoms with Gasteiger partial charge in [0.25, 0.3) is 0 Å². The molecule has 1 heterocycles. The highest BCUT2D eigenvalue weighted by Gasteiger charge is 2.13. The molecule has 1 aliphatic heterocycles. The molecule has 14 heavy (non-hydrogen) atoms. The summed E-state index contributed by atoms with van der Waals surface area (Å²) in [6.45, 7) is 0. The molecule has 1 N–H and O–H groups in total. The quantitative estimate of drug-likeness (QED) is 0.643. The van der Waals surface area contributed by atoms with Crippen molar-refractivity contribution in [2.24, 2.45) is 0 Å². The normalized spacial score (nSPS) is 14.3. The van der Waals surface area contributed by atoms with E-state index in [1.165, 1.54) is 22.1 Å². The average Bonchev–Trinajstić information content (AvgIpc) is 2.29. The molecular formula is C12H10NP. The van der Waals surface area contributed by atoms with Crippen molar-refractivity contribution in [3.8, 4) is 11.1 Å². The van der Waals surface area contributed by atoms with Crippen LogP contribution >= 0.6 is 8.73 Å². The highest BCUT2D eigenvalue weighted by atomic mass is 31.1. The van der Waals surface area contributed by atoms with Gasteiger partial charge in [-0.05, 0) is 11.6 Å². The van der Waals surface area contributed by atoms with Crippen LogP contribution < -0.4 is 10.4 Å². The smallest absolute Gasteiger partial charge is 0.0452 e. The molecule has 2 aromatic carbocycles. The zero-order chi connectivity index (χ0) is 9.38. The van der Waals surface area contributed by atoms with Gasteiger partial charge in [0.15, 0.2) is 0 Å². The van der Waals surface area contributed by atoms with Crippen molar-refractivity contribution >= 4 is 19.7 Å². The lowest BCUT2D eigenvalue weighted by Crippen LogP contribution is -2.08. The van der Waals surface area contributed by atoms with E-state index in [0.29, 0.717) is 8.73 Å². The van der Waals surface area contributed by atoms with Crippen LogP contribution in [0.15, 0.2) is 48.5 Å². The maximum Gasteiger partial charge on any atom is 0.0452 e. The van der Waals surface area contributed by atoms with E-state index in [9.17, 15) is 0 Å². The van der Waals surface area contributed by atoms with Crippen LogP contribution in [0.1, 0.15) is 0 Å². The molecule has 1 atom stereocenters. The lowest BCUT2D eigenvalue weighted by atomic mass is 10.0. The summed E-state index contributed by atoms with van der Waals surface area (Å²) < 4.78 is 0. The van der Waals surface area contributed by atoms with Crippen LogP contribution in [0.4, 0.5) is 5.69 Å². The Hall–Kier alpha value is -1.33. The number of rotatable bonds is 0. The fraction of sp³-hybridized carbons (Fsp3) is 0. The number of nitrogens with one attached hydrogen (secondary N) is 1. The minimum Gasteiger partial charge on any atom is -0.362 e. The van der Waals surface area contributed by atoms with Crippen molar-refractivity contribution in [3.05, 3.63) is 48.5 Å². The second-order valence-electron chi connectivity index (χ2n) is 3.34. The molecule has 0 saturated heterocycles. The highest BCUT2D eigenvalue weighted by Crippen LogP contribution is 2.36. The maximum absolute atomic E-state index is 3.45. The zero-order valence-electron chi connectivity index (χ0n) is 7.62. The van der Waals surface area contributed by atoms with Crippen LogP contribution in [-0.4, -0.2) is 0 Å². The first-order valence-corrected chi connectivity index (χ1v) is 5.65. The van der Waals surface area contributed by atoms with Crippen LogP contribution in [0.5, 0.6) is 0 Å². The van der Waals surface area contributed by atoms with E-state index in [4.69, 9.17) is 0 Å². The first-order chi connectivity index (χ1) is 6.95. The molecule has 0 amide bonds. The van der Waals surface area contributed by atoms with Gasteiger partial charge in [-0.1, -0.05) is 42.5 Å². The number of hydrogen-bond donors (Lipinski definition) is 1. The Balaban J connectivity index is 2.29. The van der Waals surface area contributed by atoms with E-state index in [1.54, 1.807) is 0 Å². The van der Waals surface area contributed by atoms with E-state index in [2.05, 4.69) is 53.6 Å². The SMILES string of the molecule is c1ccc2c(c1)NPc1ccccc1-2. The standard InChI is InChI=1S/C12H10NP/c1-3-7-11-9(5-1)10-6-2-4-8-12(10)14-13-11/h1-8,13-14H. The minimum atomic E-state index is 0.690. The summed E-state index contributed by atoms with van der Waals surface area (Å²) in [6.07, 6.45) is 0. The van der Waals surface area contributed by atoms with Crippen molar-refractivity contribution in [3.63, 3.8) is 0 Å². The largest absolute Gasteiger partial charge is 0.362 e. The third-order valence-electron chi connectivity index (χ3n) is 2.48. The summed E-state index contributed by atoms with van der Waals surface area (Å²) in [5.74, 6) is 0. The molecule has 0 fully saturated rings. The minimum absolute atomic E-state index is 0.690. The summed E-state index contributed by atoms with van der Waals surface area (Å²) in [5, 5.41) is 4.86. The Labute approximate surface area is 85.0 Å². The monoisotopic (exact) mass is 199 g/mol. The fourth-order valence-corrected chi connectivity index (χ4v) is 2.81. The zero-order valence-corrected chi connectivity index (χ0v) is 8.62. The van der Waals surface area contributed by atoms with Crippen LogP contribution in [-0.2, 0) is 0 Å².